The fraction of sp³-hybridized carbons (Fsp3) is 0.273. The third-order valence-electron chi connectivity index (χ3n) is 2.20. The van der Waals surface area contributed by atoms with Gasteiger partial charge < -0.3 is 9.15 Å². The summed E-state index contributed by atoms with van der Waals surface area (Å²) in [6.45, 7) is 1.86. The highest BCUT2D eigenvalue weighted by atomic mass is 35.5. The molecule has 1 atom stereocenters. The van der Waals surface area contributed by atoms with Crippen LogP contribution in [0.25, 0.3) is 11.5 Å². The van der Waals surface area contributed by atoms with Crippen LogP contribution in [-0.2, 0) is 4.74 Å². The maximum atomic E-state index is 5.92. The number of halogens is 1. The van der Waals surface area contributed by atoms with E-state index >= 15 is 0 Å². The first-order valence-corrected chi connectivity index (χ1v) is 5.19. The first kappa shape index (κ1) is 11.1. The van der Waals surface area contributed by atoms with Gasteiger partial charge in [0.1, 0.15) is 17.0 Å². The molecule has 2 aromatic rings. The van der Waals surface area contributed by atoms with Crippen LogP contribution in [0.4, 0.5) is 0 Å². The molecule has 0 aliphatic rings. The molecule has 0 saturated carbocycles. The standard InChI is InChI=1S/C11H11ClN2O2/c1-7(15-2)11-13-8(6-10(12)14-11)9-4-3-5-16-9/h3-7H,1-2H3/t7-/m1/s1. The predicted octanol–water partition coefficient (Wildman–Crippen LogP) is 3.10. The van der Waals surface area contributed by atoms with E-state index in [9.17, 15) is 0 Å². The Labute approximate surface area is 98.2 Å². The summed E-state index contributed by atoms with van der Waals surface area (Å²) in [5, 5.41) is 0.375. The first-order chi connectivity index (χ1) is 7.70. The van der Waals surface area contributed by atoms with Crippen LogP contribution in [0.1, 0.15) is 18.9 Å². The van der Waals surface area contributed by atoms with E-state index in [-0.39, 0.29) is 6.10 Å². The lowest BCUT2D eigenvalue weighted by atomic mass is 10.3. The van der Waals surface area contributed by atoms with E-state index in [1.54, 1.807) is 25.5 Å². The van der Waals surface area contributed by atoms with Crippen molar-refractivity contribution in [2.45, 2.75) is 13.0 Å². The topological polar surface area (TPSA) is 48.2 Å². The van der Waals surface area contributed by atoms with Gasteiger partial charge in [0.25, 0.3) is 0 Å². The van der Waals surface area contributed by atoms with Crippen molar-refractivity contribution < 1.29 is 9.15 Å². The summed E-state index contributed by atoms with van der Waals surface area (Å²) in [6, 6.07) is 5.27. The maximum absolute atomic E-state index is 5.92. The molecular weight excluding hydrogens is 228 g/mol. The number of hydrogen-bond acceptors (Lipinski definition) is 4. The van der Waals surface area contributed by atoms with Crippen LogP contribution in [0.5, 0.6) is 0 Å². The second kappa shape index (κ2) is 4.63. The highest BCUT2D eigenvalue weighted by Gasteiger charge is 2.12. The molecule has 0 amide bonds. The molecule has 0 aliphatic carbocycles. The number of methoxy groups -OCH3 is 1. The van der Waals surface area contributed by atoms with Crippen molar-refractivity contribution in [3.05, 3.63) is 35.4 Å². The summed E-state index contributed by atoms with van der Waals surface area (Å²) < 4.78 is 10.4. The summed E-state index contributed by atoms with van der Waals surface area (Å²) in [5.41, 5.74) is 0.656. The van der Waals surface area contributed by atoms with E-state index in [2.05, 4.69) is 9.97 Å². The second-order valence-electron chi connectivity index (χ2n) is 3.29. The molecule has 2 aromatic heterocycles. The van der Waals surface area contributed by atoms with Gasteiger partial charge in [-0.25, -0.2) is 9.97 Å². The van der Waals surface area contributed by atoms with E-state index in [0.29, 0.717) is 22.4 Å². The van der Waals surface area contributed by atoms with Gasteiger partial charge in [-0.2, -0.15) is 0 Å². The van der Waals surface area contributed by atoms with Gasteiger partial charge >= 0.3 is 0 Å². The Morgan fingerprint density at radius 2 is 2.25 bits per heavy atom. The molecule has 84 valence electrons. The molecule has 0 spiro atoms. The summed E-state index contributed by atoms with van der Waals surface area (Å²) in [5.74, 6) is 1.20. The summed E-state index contributed by atoms with van der Waals surface area (Å²) in [6.07, 6.45) is 1.39. The van der Waals surface area contributed by atoms with Gasteiger partial charge in [-0.15, -0.1) is 0 Å². The molecule has 0 unspecified atom stereocenters. The zero-order chi connectivity index (χ0) is 11.5. The Morgan fingerprint density at radius 1 is 1.44 bits per heavy atom. The molecule has 5 heteroatoms. The van der Waals surface area contributed by atoms with Crippen molar-refractivity contribution in [2.75, 3.05) is 7.11 Å². The van der Waals surface area contributed by atoms with E-state index in [1.807, 2.05) is 13.0 Å². The Hall–Kier alpha value is -1.39. The highest BCUT2D eigenvalue weighted by molar-refractivity contribution is 6.29. The fourth-order valence-electron chi connectivity index (χ4n) is 1.27. The first-order valence-electron chi connectivity index (χ1n) is 4.82. The molecule has 0 fully saturated rings. The maximum Gasteiger partial charge on any atom is 0.159 e. The summed E-state index contributed by atoms with van der Waals surface area (Å²) in [4.78, 5) is 8.43. The molecule has 4 nitrogen and oxygen atoms in total. The molecule has 16 heavy (non-hydrogen) atoms. The highest BCUT2D eigenvalue weighted by Crippen LogP contribution is 2.22. The lowest BCUT2D eigenvalue weighted by Crippen LogP contribution is -2.03. The molecule has 0 bridgehead atoms. The van der Waals surface area contributed by atoms with E-state index < -0.39 is 0 Å². The van der Waals surface area contributed by atoms with Crippen molar-refractivity contribution in [1.29, 1.82) is 0 Å². The van der Waals surface area contributed by atoms with Crippen molar-refractivity contribution >= 4 is 11.6 Å². The van der Waals surface area contributed by atoms with Crippen LogP contribution >= 0.6 is 11.6 Å². The number of hydrogen-bond donors (Lipinski definition) is 0. The number of ether oxygens (including phenoxy) is 1. The third kappa shape index (κ3) is 2.23. The zero-order valence-electron chi connectivity index (χ0n) is 8.98. The van der Waals surface area contributed by atoms with Crippen LogP contribution in [0, 0.1) is 0 Å². The van der Waals surface area contributed by atoms with Gasteiger partial charge in [0.2, 0.25) is 0 Å². The van der Waals surface area contributed by atoms with Gasteiger partial charge in [-0.3, -0.25) is 0 Å². The van der Waals surface area contributed by atoms with Gasteiger partial charge in [0, 0.05) is 13.2 Å². The van der Waals surface area contributed by atoms with Crippen molar-refractivity contribution in [2.24, 2.45) is 0 Å². The Balaban J connectivity index is 2.44. The molecular formula is C11H11ClN2O2. The summed E-state index contributed by atoms with van der Waals surface area (Å²) in [7, 11) is 1.60. The Kier molecular flexibility index (Phi) is 3.22. The van der Waals surface area contributed by atoms with Crippen molar-refractivity contribution in [3.8, 4) is 11.5 Å². The van der Waals surface area contributed by atoms with Crippen LogP contribution in [0.3, 0.4) is 0 Å². The molecule has 2 heterocycles. The Bertz CT molecular complexity index is 471. The Morgan fingerprint density at radius 3 is 2.88 bits per heavy atom. The monoisotopic (exact) mass is 238 g/mol. The minimum atomic E-state index is -0.201. The number of rotatable bonds is 3. The minimum absolute atomic E-state index is 0.201. The molecule has 0 aromatic carbocycles. The van der Waals surface area contributed by atoms with Gasteiger partial charge in [0.15, 0.2) is 11.6 Å². The minimum Gasteiger partial charge on any atom is -0.463 e. The van der Waals surface area contributed by atoms with Crippen LogP contribution in [0.2, 0.25) is 5.15 Å². The lowest BCUT2D eigenvalue weighted by Gasteiger charge is -2.09. The fourth-order valence-corrected chi connectivity index (χ4v) is 1.46. The number of furan rings is 1. The van der Waals surface area contributed by atoms with Crippen molar-refractivity contribution in [1.82, 2.24) is 9.97 Å². The largest absolute Gasteiger partial charge is 0.463 e. The van der Waals surface area contributed by atoms with Crippen LogP contribution < -0.4 is 0 Å². The van der Waals surface area contributed by atoms with Crippen LogP contribution in [-0.4, -0.2) is 17.1 Å². The SMILES string of the molecule is CO[C@H](C)c1nc(Cl)cc(-c2ccco2)n1. The normalized spacial score (nSPS) is 12.7. The van der Waals surface area contributed by atoms with E-state index in [1.165, 1.54) is 0 Å². The van der Waals surface area contributed by atoms with Gasteiger partial charge in [-0.1, -0.05) is 11.6 Å². The molecule has 0 N–H and O–H groups in total. The molecule has 0 radical (unpaired) electrons. The van der Waals surface area contributed by atoms with Crippen LogP contribution in [0.15, 0.2) is 28.9 Å². The summed E-state index contributed by atoms with van der Waals surface area (Å²) >= 11 is 5.92. The quantitative estimate of drug-likeness (QED) is 0.771. The average molecular weight is 239 g/mol. The predicted molar refractivity (Wildman–Crippen MR) is 60.2 cm³/mol. The third-order valence-corrected chi connectivity index (χ3v) is 2.40. The number of aromatic nitrogens is 2. The van der Waals surface area contributed by atoms with E-state index in [4.69, 9.17) is 20.8 Å². The molecule has 0 aliphatic heterocycles. The zero-order valence-corrected chi connectivity index (χ0v) is 9.73. The van der Waals surface area contributed by atoms with Gasteiger partial charge in [-0.05, 0) is 19.1 Å². The average Bonchev–Trinajstić information content (AvgIpc) is 2.80. The molecule has 0 saturated heterocycles. The smallest absolute Gasteiger partial charge is 0.159 e. The van der Waals surface area contributed by atoms with Gasteiger partial charge in [0.05, 0.1) is 6.26 Å². The number of nitrogens with zero attached hydrogens (tertiary/aromatic N) is 2. The van der Waals surface area contributed by atoms with Crippen molar-refractivity contribution in [3.63, 3.8) is 0 Å². The second-order valence-corrected chi connectivity index (χ2v) is 3.68. The lowest BCUT2D eigenvalue weighted by molar-refractivity contribution is 0.112. The van der Waals surface area contributed by atoms with E-state index in [0.717, 1.165) is 0 Å². The molecule has 2 rings (SSSR count).